The summed E-state index contributed by atoms with van der Waals surface area (Å²) in [5.74, 6) is 1.91. The Hall–Kier alpha value is -0.0400. The van der Waals surface area contributed by atoms with E-state index in [1.807, 2.05) is 0 Å². The lowest BCUT2D eigenvalue weighted by Gasteiger charge is -2.30. The van der Waals surface area contributed by atoms with Crippen molar-refractivity contribution >= 4 is 0 Å². The lowest BCUT2D eigenvalue weighted by atomic mass is 9.82. The quantitative estimate of drug-likeness (QED) is 0.600. The molecule has 0 spiro atoms. The molecule has 0 aliphatic heterocycles. The molecule has 1 N–H and O–H groups in total. The van der Waals surface area contributed by atoms with Crippen LogP contribution in [0.2, 0.25) is 0 Å². The van der Waals surface area contributed by atoms with Gasteiger partial charge < -0.3 is 5.32 Å². The first-order chi connectivity index (χ1) is 8.53. The molecule has 1 heteroatoms. The van der Waals surface area contributed by atoms with E-state index in [2.05, 4.69) is 33.0 Å². The summed E-state index contributed by atoms with van der Waals surface area (Å²) in [6.45, 7) is 12.0. The van der Waals surface area contributed by atoms with E-state index in [4.69, 9.17) is 0 Å². The summed E-state index contributed by atoms with van der Waals surface area (Å²) in [6.07, 6.45) is 11.3. The zero-order valence-electron chi connectivity index (χ0n) is 13.2. The van der Waals surface area contributed by atoms with E-state index in [9.17, 15) is 0 Å². The minimum absolute atomic E-state index is 0.482. The Morgan fingerprint density at radius 1 is 1.17 bits per heavy atom. The summed E-state index contributed by atoms with van der Waals surface area (Å²) in [5.41, 5.74) is 0.482. The molecule has 2 unspecified atom stereocenters. The highest BCUT2D eigenvalue weighted by Gasteiger charge is 2.20. The van der Waals surface area contributed by atoms with E-state index in [0.29, 0.717) is 5.41 Å². The van der Waals surface area contributed by atoms with Crippen LogP contribution >= 0.6 is 0 Å². The Balaban J connectivity index is 2.11. The Labute approximate surface area is 115 Å². The molecule has 0 saturated heterocycles. The van der Waals surface area contributed by atoms with Crippen LogP contribution in [0, 0.1) is 17.3 Å². The van der Waals surface area contributed by atoms with Gasteiger partial charge in [-0.1, -0.05) is 59.8 Å². The highest BCUT2D eigenvalue weighted by molar-refractivity contribution is 4.76. The van der Waals surface area contributed by atoms with Gasteiger partial charge in [-0.2, -0.15) is 0 Å². The van der Waals surface area contributed by atoms with E-state index >= 15 is 0 Å². The Bertz CT molecular complexity index is 210. The standard InChI is InChI=1S/C17H35N/c1-5-6-7-11-17(3,4)14-18-13-16-10-8-9-15(2)12-16/h15-16,18H,5-14H2,1-4H3. The average molecular weight is 253 g/mol. The van der Waals surface area contributed by atoms with Crippen molar-refractivity contribution in [2.24, 2.45) is 17.3 Å². The van der Waals surface area contributed by atoms with E-state index in [1.54, 1.807) is 0 Å². The van der Waals surface area contributed by atoms with Gasteiger partial charge >= 0.3 is 0 Å². The molecule has 0 amide bonds. The second-order valence-corrected chi connectivity index (χ2v) is 7.39. The fraction of sp³-hybridized carbons (Fsp3) is 1.00. The monoisotopic (exact) mass is 253 g/mol. The molecule has 1 rings (SSSR count). The van der Waals surface area contributed by atoms with Gasteiger partial charge in [-0.15, -0.1) is 0 Å². The maximum absolute atomic E-state index is 3.74. The van der Waals surface area contributed by atoms with Crippen LogP contribution in [-0.2, 0) is 0 Å². The van der Waals surface area contributed by atoms with Gasteiger partial charge in [-0.25, -0.2) is 0 Å². The third kappa shape index (κ3) is 6.78. The number of hydrogen-bond acceptors (Lipinski definition) is 1. The second kappa shape index (κ2) is 8.19. The molecule has 1 aliphatic rings. The van der Waals surface area contributed by atoms with E-state index < -0.39 is 0 Å². The molecule has 0 radical (unpaired) electrons. The van der Waals surface area contributed by atoms with Crippen LogP contribution in [0.25, 0.3) is 0 Å². The van der Waals surface area contributed by atoms with Crippen molar-refractivity contribution in [3.8, 4) is 0 Å². The van der Waals surface area contributed by atoms with Crippen LogP contribution < -0.4 is 5.32 Å². The number of rotatable bonds is 8. The highest BCUT2D eigenvalue weighted by Crippen LogP contribution is 2.28. The van der Waals surface area contributed by atoms with Gasteiger partial charge in [-0.3, -0.25) is 0 Å². The molecular formula is C17H35N. The molecule has 0 aromatic carbocycles. The zero-order chi connectivity index (χ0) is 13.4. The molecule has 0 aromatic rings. The summed E-state index contributed by atoms with van der Waals surface area (Å²) >= 11 is 0. The van der Waals surface area contributed by atoms with Crippen LogP contribution in [-0.4, -0.2) is 13.1 Å². The smallest absolute Gasteiger partial charge is 0.000263 e. The van der Waals surface area contributed by atoms with Gasteiger partial charge in [0.25, 0.3) is 0 Å². The lowest BCUT2D eigenvalue weighted by molar-refractivity contribution is 0.249. The van der Waals surface area contributed by atoms with Crippen molar-refractivity contribution in [2.75, 3.05) is 13.1 Å². The summed E-state index contributed by atoms with van der Waals surface area (Å²) in [7, 11) is 0. The number of nitrogens with one attached hydrogen (secondary N) is 1. The number of unbranched alkanes of at least 4 members (excludes halogenated alkanes) is 2. The van der Waals surface area contributed by atoms with E-state index in [0.717, 1.165) is 11.8 Å². The Kier molecular flexibility index (Phi) is 7.29. The molecular weight excluding hydrogens is 218 g/mol. The van der Waals surface area contributed by atoms with Crippen LogP contribution in [0.4, 0.5) is 0 Å². The largest absolute Gasteiger partial charge is 0.316 e. The molecule has 1 aliphatic carbocycles. The molecule has 1 saturated carbocycles. The van der Waals surface area contributed by atoms with Crippen molar-refractivity contribution in [3.63, 3.8) is 0 Å². The second-order valence-electron chi connectivity index (χ2n) is 7.39. The topological polar surface area (TPSA) is 12.0 Å². The SMILES string of the molecule is CCCCCC(C)(C)CNCC1CCCC(C)C1. The van der Waals surface area contributed by atoms with Gasteiger partial charge in [0.05, 0.1) is 0 Å². The molecule has 18 heavy (non-hydrogen) atoms. The number of hydrogen-bond donors (Lipinski definition) is 1. The zero-order valence-corrected chi connectivity index (χ0v) is 13.2. The third-order valence-corrected chi connectivity index (χ3v) is 4.54. The molecule has 108 valence electrons. The first-order valence-electron chi connectivity index (χ1n) is 8.24. The van der Waals surface area contributed by atoms with Gasteiger partial charge in [-0.05, 0) is 43.1 Å². The normalized spacial score (nSPS) is 25.3. The maximum atomic E-state index is 3.74. The van der Waals surface area contributed by atoms with Crippen LogP contribution in [0.1, 0.15) is 79.1 Å². The fourth-order valence-corrected chi connectivity index (χ4v) is 3.30. The van der Waals surface area contributed by atoms with E-state index in [-0.39, 0.29) is 0 Å². The van der Waals surface area contributed by atoms with Crippen molar-refractivity contribution in [1.29, 1.82) is 0 Å². The molecule has 2 atom stereocenters. The fourth-order valence-electron chi connectivity index (χ4n) is 3.30. The summed E-state index contributed by atoms with van der Waals surface area (Å²) < 4.78 is 0. The average Bonchev–Trinajstić information content (AvgIpc) is 2.29. The van der Waals surface area contributed by atoms with Gasteiger partial charge in [0.2, 0.25) is 0 Å². The predicted molar refractivity (Wildman–Crippen MR) is 81.9 cm³/mol. The molecule has 0 bridgehead atoms. The highest BCUT2D eigenvalue weighted by atomic mass is 14.9. The van der Waals surface area contributed by atoms with Crippen molar-refractivity contribution < 1.29 is 0 Å². The maximum Gasteiger partial charge on any atom is 0.000263 e. The van der Waals surface area contributed by atoms with Crippen molar-refractivity contribution in [3.05, 3.63) is 0 Å². The summed E-state index contributed by atoms with van der Waals surface area (Å²) in [5, 5.41) is 3.74. The van der Waals surface area contributed by atoms with Gasteiger partial charge in [0, 0.05) is 6.54 Å². The lowest BCUT2D eigenvalue weighted by Crippen LogP contribution is -2.34. The first kappa shape index (κ1) is 16.0. The molecule has 1 fully saturated rings. The Morgan fingerprint density at radius 3 is 2.61 bits per heavy atom. The van der Waals surface area contributed by atoms with Crippen molar-refractivity contribution in [2.45, 2.75) is 79.1 Å². The van der Waals surface area contributed by atoms with Crippen molar-refractivity contribution in [1.82, 2.24) is 5.32 Å². The van der Waals surface area contributed by atoms with Gasteiger partial charge in [0.15, 0.2) is 0 Å². The van der Waals surface area contributed by atoms with Crippen LogP contribution in [0.15, 0.2) is 0 Å². The van der Waals surface area contributed by atoms with Crippen LogP contribution in [0.3, 0.4) is 0 Å². The molecule has 0 heterocycles. The minimum atomic E-state index is 0.482. The van der Waals surface area contributed by atoms with E-state index in [1.165, 1.54) is 64.5 Å². The molecule has 1 nitrogen and oxygen atoms in total. The third-order valence-electron chi connectivity index (χ3n) is 4.54. The Morgan fingerprint density at radius 2 is 1.94 bits per heavy atom. The summed E-state index contributed by atoms with van der Waals surface area (Å²) in [4.78, 5) is 0. The first-order valence-corrected chi connectivity index (χ1v) is 8.24. The molecule has 0 aromatic heterocycles. The summed E-state index contributed by atoms with van der Waals surface area (Å²) in [6, 6.07) is 0. The van der Waals surface area contributed by atoms with Crippen LogP contribution in [0.5, 0.6) is 0 Å². The van der Waals surface area contributed by atoms with Gasteiger partial charge in [0.1, 0.15) is 0 Å². The predicted octanol–water partition coefficient (Wildman–Crippen LogP) is 5.01. The minimum Gasteiger partial charge on any atom is -0.316 e.